The van der Waals surface area contributed by atoms with Crippen LogP contribution in [0.2, 0.25) is 0 Å². The zero-order chi connectivity index (χ0) is 21.4. The minimum atomic E-state index is -3.36. The van der Waals surface area contributed by atoms with Crippen LogP contribution in [-0.4, -0.2) is 56.3 Å². The molecule has 7 heteroatoms. The number of carbonyl (C=O) groups is 1. The van der Waals surface area contributed by atoms with E-state index >= 15 is 0 Å². The van der Waals surface area contributed by atoms with Crippen LogP contribution in [0.4, 0.5) is 0 Å². The van der Waals surface area contributed by atoms with Crippen molar-refractivity contribution in [3.05, 3.63) is 65.7 Å². The van der Waals surface area contributed by atoms with E-state index in [9.17, 15) is 13.2 Å². The van der Waals surface area contributed by atoms with Gasteiger partial charge in [0.25, 0.3) is 0 Å². The molecular weight excluding hydrogens is 400 g/mol. The first-order valence-electron chi connectivity index (χ1n) is 10.4. The van der Waals surface area contributed by atoms with Gasteiger partial charge in [-0.1, -0.05) is 42.5 Å². The largest absolute Gasteiger partial charge is 0.494 e. The molecule has 1 amide bonds. The van der Waals surface area contributed by atoms with E-state index in [2.05, 4.69) is 0 Å². The van der Waals surface area contributed by atoms with Gasteiger partial charge < -0.3 is 9.64 Å². The lowest BCUT2D eigenvalue weighted by Gasteiger charge is -2.34. The number of aryl methyl sites for hydroxylation is 1. The van der Waals surface area contributed by atoms with Crippen molar-refractivity contribution in [1.82, 2.24) is 9.21 Å². The smallest absolute Gasteiger partial charge is 0.222 e. The summed E-state index contributed by atoms with van der Waals surface area (Å²) in [7, 11) is -3.36. The molecule has 0 radical (unpaired) electrons. The van der Waals surface area contributed by atoms with Crippen LogP contribution in [0.5, 0.6) is 5.75 Å². The van der Waals surface area contributed by atoms with Gasteiger partial charge in [0.2, 0.25) is 15.9 Å². The van der Waals surface area contributed by atoms with Gasteiger partial charge in [-0.2, -0.15) is 4.31 Å². The molecule has 1 aliphatic heterocycles. The van der Waals surface area contributed by atoms with Gasteiger partial charge in [0, 0.05) is 32.6 Å². The maximum absolute atomic E-state index is 12.6. The lowest BCUT2D eigenvalue weighted by Crippen LogP contribution is -2.50. The van der Waals surface area contributed by atoms with Gasteiger partial charge in [-0.25, -0.2) is 8.42 Å². The summed E-state index contributed by atoms with van der Waals surface area (Å²) in [5, 5.41) is 0. The molecule has 6 nitrogen and oxygen atoms in total. The van der Waals surface area contributed by atoms with E-state index in [1.54, 1.807) is 4.90 Å². The molecule has 0 N–H and O–H groups in total. The molecule has 30 heavy (non-hydrogen) atoms. The van der Waals surface area contributed by atoms with Crippen molar-refractivity contribution < 1.29 is 17.9 Å². The lowest BCUT2D eigenvalue weighted by molar-refractivity contribution is -0.132. The van der Waals surface area contributed by atoms with Crippen molar-refractivity contribution in [3.8, 4) is 5.75 Å². The minimum absolute atomic E-state index is 0.00270. The SMILES string of the molecule is Cc1cccc(OCCCCC(=O)N2CCN(S(=O)(=O)Cc3ccccc3)CC2)c1. The van der Waals surface area contributed by atoms with Gasteiger partial charge in [-0.15, -0.1) is 0 Å². The number of nitrogens with zero attached hydrogens (tertiary/aromatic N) is 2. The van der Waals surface area contributed by atoms with Crippen LogP contribution < -0.4 is 4.74 Å². The molecule has 0 saturated carbocycles. The van der Waals surface area contributed by atoms with Crippen LogP contribution in [-0.2, 0) is 20.6 Å². The first-order valence-corrected chi connectivity index (χ1v) is 12.0. The Kier molecular flexibility index (Phi) is 7.87. The summed E-state index contributed by atoms with van der Waals surface area (Å²) < 4.78 is 32.5. The maximum atomic E-state index is 12.6. The Balaban J connectivity index is 1.35. The van der Waals surface area contributed by atoms with Crippen molar-refractivity contribution in [2.45, 2.75) is 31.9 Å². The Morgan fingerprint density at radius 1 is 0.967 bits per heavy atom. The summed E-state index contributed by atoms with van der Waals surface area (Å²) in [5.41, 5.74) is 1.94. The highest BCUT2D eigenvalue weighted by molar-refractivity contribution is 7.88. The van der Waals surface area contributed by atoms with E-state index in [1.165, 1.54) is 4.31 Å². The number of piperazine rings is 1. The molecule has 0 spiro atoms. The second-order valence-corrected chi connectivity index (χ2v) is 9.61. The third-order valence-corrected chi connectivity index (χ3v) is 7.07. The average Bonchev–Trinajstić information content (AvgIpc) is 2.74. The summed E-state index contributed by atoms with van der Waals surface area (Å²) >= 11 is 0. The molecule has 2 aromatic rings. The van der Waals surface area contributed by atoms with Gasteiger partial charge >= 0.3 is 0 Å². The van der Waals surface area contributed by atoms with E-state index in [4.69, 9.17) is 4.74 Å². The van der Waals surface area contributed by atoms with E-state index in [1.807, 2.05) is 61.5 Å². The third-order valence-electron chi connectivity index (χ3n) is 5.22. The summed E-state index contributed by atoms with van der Waals surface area (Å²) in [4.78, 5) is 14.2. The first kappa shape index (κ1) is 22.3. The molecule has 1 heterocycles. The number of carbonyl (C=O) groups excluding carboxylic acids is 1. The highest BCUT2D eigenvalue weighted by Crippen LogP contribution is 2.15. The topological polar surface area (TPSA) is 66.9 Å². The predicted molar refractivity (Wildman–Crippen MR) is 118 cm³/mol. The normalized spacial score (nSPS) is 15.2. The highest BCUT2D eigenvalue weighted by atomic mass is 32.2. The van der Waals surface area contributed by atoms with Crippen LogP contribution in [0.1, 0.15) is 30.4 Å². The van der Waals surface area contributed by atoms with Crippen molar-refractivity contribution in [2.75, 3.05) is 32.8 Å². The molecular formula is C23H30N2O4S. The number of ether oxygens (including phenoxy) is 1. The van der Waals surface area contributed by atoms with Gasteiger partial charge in [-0.05, 0) is 43.0 Å². The maximum Gasteiger partial charge on any atom is 0.222 e. The van der Waals surface area contributed by atoms with Crippen molar-refractivity contribution in [2.24, 2.45) is 0 Å². The number of hydrogen-bond donors (Lipinski definition) is 0. The van der Waals surface area contributed by atoms with E-state index in [0.717, 1.165) is 29.7 Å². The van der Waals surface area contributed by atoms with E-state index < -0.39 is 10.0 Å². The molecule has 0 aliphatic carbocycles. The summed E-state index contributed by atoms with van der Waals surface area (Å²) in [6.45, 7) is 4.23. The zero-order valence-corrected chi connectivity index (χ0v) is 18.3. The van der Waals surface area contributed by atoms with Crippen molar-refractivity contribution in [3.63, 3.8) is 0 Å². The fraction of sp³-hybridized carbons (Fsp3) is 0.435. The second-order valence-electron chi connectivity index (χ2n) is 7.64. The standard InChI is InChI=1S/C23H30N2O4S/c1-20-8-7-11-22(18-20)29-17-6-5-12-23(26)24-13-15-25(16-14-24)30(27,28)19-21-9-3-2-4-10-21/h2-4,7-11,18H,5-6,12-17,19H2,1H3. The minimum Gasteiger partial charge on any atom is -0.494 e. The zero-order valence-electron chi connectivity index (χ0n) is 17.5. The second kappa shape index (κ2) is 10.6. The van der Waals surface area contributed by atoms with Crippen molar-refractivity contribution >= 4 is 15.9 Å². The van der Waals surface area contributed by atoms with E-state index in [-0.39, 0.29) is 11.7 Å². The van der Waals surface area contributed by atoms with E-state index in [0.29, 0.717) is 39.2 Å². The summed E-state index contributed by atoms with van der Waals surface area (Å²) in [5.74, 6) is 0.947. The third kappa shape index (κ3) is 6.57. The quantitative estimate of drug-likeness (QED) is 0.573. The first-order chi connectivity index (χ1) is 14.4. The Hall–Kier alpha value is -2.38. The number of amides is 1. The number of hydrogen-bond acceptors (Lipinski definition) is 4. The van der Waals surface area contributed by atoms with Gasteiger partial charge in [-0.3, -0.25) is 4.79 Å². The van der Waals surface area contributed by atoms with Crippen LogP contribution in [0, 0.1) is 6.92 Å². The molecule has 0 atom stereocenters. The summed E-state index contributed by atoms with van der Waals surface area (Å²) in [6, 6.07) is 17.1. The monoisotopic (exact) mass is 430 g/mol. The van der Waals surface area contributed by atoms with Crippen LogP contribution in [0.15, 0.2) is 54.6 Å². The molecule has 1 fully saturated rings. The number of unbranched alkanes of at least 4 members (excludes halogenated alkanes) is 1. The molecule has 0 aromatic heterocycles. The Morgan fingerprint density at radius 3 is 2.40 bits per heavy atom. The van der Waals surface area contributed by atoms with Crippen molar-refractivity contribution in [1.29, 1.82) is 0 Å². The lowest BCUT2D eigenvalue weighted by atomic mass is 10.2. The Labute approximate surface area is 179 Å². The molecule has 3 rings (SSSR count). The van der Waals surface area contributed by atoms with Crippen LogP contribution >= 0.6 is 0 Å². The van der Waals surface area contributed by atoms with Gasteiger partial charge in [0.05, 0.1) is 12.4 Å². The number of rotatable bonds is 9. The van der Waals surface area contributed by atoms with Crippen LogP contribution in [0.25, 0.3) is 0 Å². The fourth-order valence-corrected chi connectivity index (χ4v) is 5.04. The molecule has 1 saturated heterocycles. The number of sulfonamides is 1. The predicted octanol–water partition coefficient (Wildman–Crippen LogP) is 3.22. The highest BCUT2D eigenvalue weighted by Gasteiger charge is 2.28. The summed E-state index contributed by atoms with van der Waals surface area (Å²) in [6.07, 6.45) is 2.04. The molecule has 0 bridgehead atoms. The molecule has 1 aliphatic rings. The molecule has 2 aromatic carbocycles. The van der Waals surface area contributed by atoms with Gasteiger partial charge in [0.1, 0.15) is 5.75 Å². The fourth-order valence-electron chi connectivity index (χ4n) is 3.52. The van der Waals surface area contributed by atoms with Gasteiger partial charge in [0.15, 0.2) is 0 Å². The number of benzene rings is 2. The average molecular weight is 431 g/mol. The Bertz CT molecular complexity index is 923. The molecule has 162 valence electrons. The van der Waals surface area contributed by atoms with Crippen LogP contribution in [0.3, 0.4) is 0 Å². The molecule has 0 unspecified atom stereocenters. The Morgan fingerprint density at radius 2 is 1.70 bits per heavy atom.